The Hall–Kier alpha value is -2.70. The van der Waals surface area contributed by atoms with E-state index in [9.17, 15) is 19.2 Å². The minimum Gasteiger partial charge on any atom is -0.456 e. The van der Waals surface area contributed by atoms with Crippen LogP contribution in [-0.2, 0) is 14.3 Å². The van der Waals surface area contributed by atoms with Crippen molar-refractivity contribution in [2.24, 2.45) is 5.92 Å². The molecular weight excluding hydrogens is 360 g/mol. The van der Waals surface area contributed by atoms with Gasteiger partial charge in [0.2, 0.25) is 0 Å². The average Bonchev–Trinajstić information content (AvgIpc) is 2.90. The van der Waals surface area contributed by atoms with E-state index in [1.54, 1.807) is 18.2 Å². The lowest BCUT2D eigenvalue weighted by Crippen LogP contribution is -2.39. The Morgan fingerprint density at radius 1 is 1.11 bits per heavy atom. The number of hydrogen-bond acceptors (Lipinski definition) is 5. The average molecular weight is 386 g/mol. The van der Waals surface area contributed by atoms with Gasteiger partial charge in [-0.25, -0.2) is 0 Å². The van der Waals surface area contributed by atoms with Crippen molar-refractivity contribution in [2.75, 3.05) is 13.2 Å². The number of nitrogens with one attached hydrogen (secondary N) is 1. The summed E-state index contributed by atoms with van der Waals surface area (Å²) in [7, 11) is 0. The molecule has 3 rings (SSSR count). The summed E-state index contributed by atoms with van der Waals surface area (Å²) in [5.74, 6) is -1.04. The van der Waals surface area contributed by atoms with Gasteiger partial charge in [0.25, 0.3) is 17.7 Å². The molecule has 1 aromatic rings. The Balaban J connectivity index is 1.42. The first-order valence-corrected chi connectivity index (χ1v) is 9.77. The van der Waals surface area contributed by atoms with Crippen molar-refractivity contribution < 1.29 is 23.9 Å². The monoisotopic (exact) mass is 386 g/mol. The molecule has 1 N–H and O–H groups in total. The molecule has 1 aliphatic heterocycles. The van der Waals surface area contributed by atoms with Gasteiger partial charge >= 0.3 is 5.97 Å². The van der Waals surface area contributed by atoms with E-state index < -0.39 is 17.8 Å². The number of rotatable bonds is 6. The van der Waals surface area contributed by atoms with E-state index in [-0.39, 0.29) is 31.5 Å². The van der Waals surface area contributed by atoms with E-state index in [0.29, 0.717) is 17.0 Å². The van der Waals surface area contributed by atoms with Crippen molar-refractivity contribution in [3.8, 4) is 0 Å². The Kier molecular flexibility index (Phi) is 6.11. The van der Waals surface area contributed by atoms with Gasteiger partial charge < -0.3 is 10.1 Å². The maximum absolute atomic E-state index is 12.4. The zero-order valence-electron chi connectivity index (χ0n) is 16.3. The predicted molar refractivity (Wildman–Crippen MR) is 102 cm³/mol. The molecule has 0 bridgehead atoms. The maximum Gasteiger partial charge on any atom is 0.308 e. The van der Waals surface area contributed by atoms with Crippen molar-refractivity contribution in [3.05, 3.63) is 34.9 Å². The third-order valence-corrected chi connectivity index (χ3v) is 5.41. The molecule has 0 spiro atoms. The molecule has 1 fully saturated rings. The molecule has 1 aromatic carbocycles. The summed E-state index contributed by atoms with van der Waals surface area (Å²) in [6, 6.07) is 5.21. The molecule has 2 aliphatic rings. The molecule has 1 aliphatic carbocycles. The fourth-order valence-electron chi connectivity index (χ4n) is 3.70. The lowest BCUT2D eigenvalue weighted by Gasteiger charge is -2.26. The highest BCUT2D eigenvalue weighted by Gasteiger charge is 2.35. The second-order valence-electron chi connectivity index (χ2n) is 7.75. The number of imide groups is 1. The van der Waals surface area contributed by atoms with Crippen LogP contribution in [0.4, 0.5) is 0 Å². The molecule has 150 valence electrons. The first-order chi connectivity index (χ1) is 13.3. The van der Waals surface area contributed by atoms with E-state index in [0.717, 1.165) is 36.1 Å². The number of fused-ring (bicyclic) bond motifs is 1. The van der Waals surface area contributed by atoms with Crippen molar-refractivity contribution in [2.45, 2.75) is 52.0 Å². The Morgan fingerprint density at radius 3 is 2.50 bits per heavy atom. The van der Waals surface area contributed by atoms with E-state index in [1.807, 2.05) is 6.92 Å². The van der Waals surface area contributed by atoms with Gasteiger partial charge in [-0.2, -0.15) is 0 Å². The second kappa shape index (κ2) is 8.54. The summed E-state index contributed by atoms with van der Waals surface area (Å²) in [4.78, 5) is 49.6. The molecule has 1 heterocycles. The van der Waals surface area contributed by atoms with E-state index >= 15 is 0 Å². The molecule has 7 heteroatoms. The number of esters is 1. The molecule has 3 amide bonds. The minimum atomic E-state index is -0.611. The van der Waals surface area contributed by atoms with Crippen molar-refractivity contribution in [3.63, 3.8) is 0 Å². The second-order valence-corrected chi connectivity index (χ2v) is 7.75. The number of ether oxygens (including phenoxy) is 1. The number of benzene rings is 1. The van der Waals surface area contributed by atoms with Gasteiger partial charge in [-0.15, -0.1) is 0 Å². The summed E-state index contributed by atoms with van der Waals surface area (Å²) in [6.45, 7) is 3.64. The van der Waals surface area contributed by atoms with Crippen molar-refractivity contribution in [1.29, 1.82) is 0 Å². The highest BCUT2D eigenvalue weighted by atomic mass is 16.5. The van der Waals surface area contributed by atoms with E-state index in [1.165, 1.54) is 0 Å². The van der Waals surface area contributed by atoms with Gasteiger partial charge in [-0.3, -0.25) is 24.1 Å². The van der Waals surface area contributed by atoms with Crippen LogP contribution in [0, 0.1) is 12.8 Å². The van der Waals surface area contributed by atoms with Gasteiger partial charge in [0.05, 0.1) is 17.5 Å². The lowest BCUT2D eigenvalue weighted by molar-refractivity contribution is -0.148. The summed E-state index contributed by atoms with van der Waals surface area (Å²) in [5, 5.41) is 2.89. The van der Waals surface area contributed by atoms with Crippen LogP contribution in [0.5, 0.6) is 0 Å². The first kappa shape index (κ1) is 20.0. The summed E-state index contributed by atoms with van der Waals surface area (Å²) in [5.41, 5.74) is 1.60. The topological polar surface area (TPSA) is 92.8 Å². The van der Waals surface area contributed by atoms with Crippen LogP contribution in [0.15, 0.2) is 18.2 Å². The summed E-state index contributed by atoms with van der Waals surface area (Å²) >= 11 is 0. The van der Waals surface area contributed by atoms with Crippen molar-refractivity contribution >= 4 is 23.7 Å². The zero-order chi connectivity index (χ0) is 20.3. The van der Waals surface area contributed by atoms with Crippen LogP contribution in [0.25, 0.3) is 0 Å². The Bertz CT molecular complexity index is 796. The third kappa shape index (κ3) is 4.58. The fraction of sp³-hybridized carbons (Fsp3) is 0.524. The van der Waals surface area contributed by atoms with Gasteiger partial charge in [-0.1, -0.05) is 18.6 Å². The maximum atomic E-state index is 12.4. The van der Waals surface area contributed by atoms with Crippen LogP contribution < -0.4 is 5.32 Å². The molecule has 0 aromatic heterocycles. The van der Waals surface area contributed by atoms with Crippen LogP contribution in [-0.4, -0.2) is 47.8 Å². The van der Waals surface area contributed by atoms with Crippen LogP contribution in [0.1, 0.15) is 65.3 Å². The summed E-state index contributed by atoms with van der Waals surface area (Å²) < 4.78 is 4.99. The summed E-state index contributed by atoms with van der Waals surface area (Å²) in [6.07, 6.45) is 3.92. The Labute approximate surface area is 164 Å². The number of carbonyl (C=O) groups excluding carboxylic acids is 4. The molecule has 0 saturated heterocycles. The highest BCUT2D eigenvalue weighted by molar-refractivity contribution is 6.21. The van der Waals surface area contributed by atoms with Crippen LogP contribution >= 0.6 is 0 Å². The van der Waals surface area contributed by atoms with Gasteiger partial charge in [0.15, 0.2) is 6.61 Å². The normalized spacial score (nSPS) is 21.4. The molecule has 1 saturated carbocycles. The predicted octanol–water partition coefficient (Wildman–Crippen LogP) is 2.22. The van der Waals surface area contributed by atoms with Gasteiger partial charge in [0.1, 0.15) is 0 Å². The fourth-order valence-corrected chi connectivity index (χ4v) is 3.70. The van der Waals surface area contributed by atoms with E-state index in [2.05, 4.69) is 12.2 Å². The lowest BCUT2D eigenvalue weighted by atomic mass is 9.87. The molecular formula is C21H26N2O5. The van der Waals surface area contributed by atoms with Gasteiger partial charge in [0, 0.05) is 12.6 Å². The smallest absolute Gasteiger partial charge is 0.308 e. The van der Waals surface area contributed by atoms with E-state index in [4.69, 9.17) is 4.74 Å². The third-order valence-electron chi connectivity index (χ3n) is 5.41. The SMILES string of the molecule is Cc1ccc2c(c1)C(=O)N(CCC(=O)OCC(=O)NC1CCC(C)CC1)C2=O. The van der Waals surface area contributed by atoms with Crippen molar-refractivity contribution in [1.82, 2.24) is 10.2 Å². The zero-order valence-corrected chi connectivity index (χ0v) is 16.3. The molecule has 0 unspecified atom stereocenters. The molecule has 0 atom stereocenters. The number of amides is 3. The molecule has 0 radical (unpaired) electrons. The number of nitrogens with zero attached hydrogens (tertiary/aromatic N) is 1. The number of carbonyl (C=O) groups is 4. The molecule has 28 heavy (non-hydrogen) atoms. The van der Waals surface area contributed by atoms with Gasteiger partial charge in [-0.05, 0) is 50.7 Å². The first-order valence-electron chi connectivity index (χ1n) is 9.77. The Morgan fingerprint density at radius 2 is 1.79 bits per heavy atom. The standard InChI is InChI=1S/C21H26N2O5/c1-13-3-6-15(7-4-13)22-18(24)12-28-19(25)9-10-23-20(26)16-8-5-14(2)11-17(16)21(23)27/h5,8,11,13,15H,3-4,6-7,9-10,12H2,1-2H3,(H,22,24). The minimum absolute atomic E-state index is 0.0631. The largest absolute Gasteiger partial charge is 0.456 e. The number of aryl methyl sites for hydroxylation is 1. The molecule has 7 nitrogen and oxygen atoms in total. The van der Waals surface area contributed by atoms with Crippen LogP contribution in [0.3, 0.4) is 0 Å². The quantitative estimate of drug-likeness (QED) is 0.598. The van der Waals surface area contributed by atoms with Crippen LogP contribution in [0.2, 0.25) is 0 Å². The highest BCUT2D eigenvalue weighted by Crippen LogP contribution is 2.24. The number of hydrogen-bond donors (Lipinski definition) is 1.